The van der Waals surface area contributed by atoms with Gasteiger partial charge in [-0.1, -0.05) is 0 Å². The number of carbonyl (C=O) groups is 1. The first kappa shape index (κ1) is 19.0. The van der Waals surface area contributed by atoms with Crippen LogP contribution in [0.25, 0.3) is 0 Å². The quantitative estimate of drug-likeness (QED) is 0.557. The first-order chi connectivity index (χ1) is 11.6. The molecule has 25 heavy (non-hydrogen) atoms. The first-order valence-electron chi connectivity index (χ1n) is 9.10. The molecule has 4 bridgehead atoms. The van der Waals surface area contributed by atoms with Crippen LogP contribution in [-0.2, 0) is 19.0 Å². The van der Waals surface area contributed by atoms with Crippen LogP contribution < -0.4 is 0 Å². The first-order valence-corrected chi connectivity index (χ1v) is 9.10. The maximum Gasteiger partial charge on any atom is 0.376 e. The Morgan fingerprint density at radius 3 is 2.36 bits per heavy atom. The lowest BCUT2D eigenvalue weighted by atomic mass is 9.47. The van der Waals surface area contributed by atoms with Crippen molar-refractivity contribution in [2.75, 3.05) is 13.2 Å². The van der Waals surface area contributed by atoms with Crippen molar-refractivity contribution in [3.05, 3.63) is 0 Å². The van der Waals surface area contributed by atoms with Gasteiger partial charge < -0.3 is 19.3 Å². The largest absolute Gasteiger partial charge is 0.457 e. The molecule has 0 heterocycles. The Hall–Kier alpha value is -0.790. The van der Waals surface area contributed by atoms with Crippen LogP contribution in [0.15, 0.2) is 0 Å². The van der Waals surface area contributed by atoms with Gasteiger partial charge in [-0.25, -0.2) is 4.79 Å². The fourth-order valence-corrected chi connectivity index (χ4v) is 5.40. The Balaban J connectivity index is 1.69. The van der Waals surface area contributed by atoms with E-state index in [4.69, 9.17) is 14.2 Å². The highest BCUT2D eigenvalue weighted by Crippen LogP contribution is 2.62. The Morgan fingerprint density at radius 1 is 1.24 bits per heavy atom. The Labute approximate surface area is 147 Å². The zero-order valence-electron chi connectivity index (χ0n) is 15.1. The highest BCUT2D eigenvalue weighted by molar-refractivity contribution is 5.77. The van der Waals surface area contributed by atoms with E-state index in [0.29, 0.717) is 39.4 Å². The number of hydrogen-bond donors (Lipinski definition) is 1. The summed E-state index contributed by atoms with van der Waals surface area (Å²) in [6, 6.07) is 0. The maximum absolute atomic E-state index is 13.2. The number of alkyl halides is 2. The van der Waals surface area contributed by atoms with Gasteiger partial charge >= 0.3 is 11.9 Å². The zero-order chi connectivity index (χ0) is 18.5. The summed E-state index contributed by atoms with van der Waals surface area (Å²) in [6.45, 7) is 5.33. The standard InChI is InChI=1S/C18H28F2O5/c1-4-23-11(2)24-10-17-5-12-7-18(22,9-17)8-13(6-17)14(12)25-15(21)16(3,19)20/h11-14,22H,4-10H2,1-3H3. The molecule has 0 aromatic carbocycles. The predicted octanol–water partition coefficient (Wildman–Crippen LogP) is 2.89. The van der Waals surface area contributed by atoms with E-state index in [2.05, 4.69) is 0 Å². The maximum atomic E-state index is 13.2. The van der Waals surface area contributed by atoms with Crippen LogP contribution in [0.1, 0.15) is 52.9 Å². The second-order valence-electron chi connectivity index (χ2n) is 8.33. The predicted molar refractivity (Wildman–Crippen MR) is 85.0 cm³/mol. The molecule has 0 aromatic heterocycles. The molecular weight excluding hydrogens is 334 g/mol. The van der Waals surface area contributed by atoms with E-state index in [1.165, 1.54) is 0 Å². The van der Waals surface area contributed by atoms with Gasteiger partial charge in [0.1, 0.15) is 6.10 Å². The second-order valence-corrected chi connectivity index (χ2v) is 8.33. The molecule has 5 nitrogen and oxygen atoms in total. The smallest absolute Gasteiger partial charge is 0.376 e. The Bertz CT molecular complexity index is 502. The minimum Gasteiger partial charge on any atom is -0.457 e. The average molecular weight is 362 g/mol. The van der Waals surface area contributed by atoms with Crippen molar-refractivity contribution in [2.24, 2.45) is 17.3 Å². The van der Waals surface area contributed by atoms with E-state index in [1.54, 1.807) is 0 Å². The van der Waals surface area contributed by atoms with E-state index >= 15 is 0 Å². The zero-order valence-corrected chi connectivity index (χ0v) is 15.1. The van der Waals surface area contributed by atoms with E-state index in [-0.39, 0.29) is 23.5 Å². The molecule has 1 N–H and O–H groups in total. The second kappa shape index (κ2) is 6.43. The van der Waals surface area contributed by atoms with Gasteiger partial charge in [-0.15, -0.1) is 0 Å². The third kappa shape index (κ3) is 3.83. The van der Waals surface area contributed by atoms with E-state index in [9.17, 15) is 18.7 Å². The topological polar surface area (TPSA) is 65.0 Å². The van der Waals surface area contributed by atoms with Gasteiger partial charge in [-0.05, 0) is 63.2 Å². The third-order valence-electron chi connectivity index (χ3n) is 5.94. The molecule has 3 unspecified atom stereocenters. The third-order valence-corrected chi connectivity index (χ3v) is 5.94. The van der Waals surface area contributed by atoms with Crippen molar-refractivity contribution in [1.82, 2.24) is 0 Å². The summed E-state index contributed by atoms with van der Waals surface area (Å²) in [4.78, 5) is 11.6. The van der Waals surface area contributed by atoms with Crippen molar-refractivity contribution in [2.45, 2.75) is 76.8 Å². The van der Waals surface area contributed by atoms with Gasteiger partial charge in [-0.3, -0.25) is 0 Å². The van der Waals surface area contributed by atoms with Crippen LogP contribution >= 0.6 is 0 Å². The number of ether oxygens (including phenoxy) is 3. The van der Waals surface area contributed by atoms with Crippen molar-refractivity contribution >= 4 is 5.97 Å². The molecule has 0 aromatic rings. The number of halogens is 2. The number of carbonyl (C=O) groups excluding carboxylic acids is 1. The highest BCUT2D eigenvalue weighted by Gasteiger charge is 2.62. The number of esters is 1. The molecule has 4 aliphatic rings. The van der Waals surface area contributed by atoms with Crippen molar-refractivity contribution in [1.29, 1.82) is 0 Å². The average Bonchev–Trinajstić information content (AvgIpc) is 2.46. The van der Waals surface area contributed by atoms with Crippen molar-refractivity contribution in [3.8, 4) is 0 Å². The highest BCUT2D eigenvalue weighted by atomic mass is 19.3. The van der Waals surface area contributed by atoms with Gasteiger partial charge in [0, 0.05) is 13.5 Å². The fourth-order valence-electron chi connectivity index (χ4n) is 5.40. The number of hydrogen-bond acceptors (Lipinski definition) is 5. The molecule has 144 valence electrons. The van der Waals surface area contributed by atoms with Crippen LogP contribution in [0.2, 0.25) is 0 Å². The summed E-state index contributed by atoms with van der Waals surface area (Å²) in [5.41, 5.74) is -0.995. The van der Waals surface area contributed by atoms with Gasteiger partial charge in [-0.2, -0.15) is 8.78 Å². The summed E-state index contributed by atoms with van der Waals surface area (Å²) >= 11 is 0. The van der Waals surface area contributed by atoms with Gasteiger partial charge in [0.05, 0.1) is 12.2 Å². The lowest BCUT2D eigenvalue weighted by molar-refractivity contribution is -0.248. The summed E-state index contributed by atoms with van der Waals surface area (Å²) in [5.74, 6) is -5.14. The Kier molecular flexibility index (Phi) is 4.88. The Morgan fingerprint density at radius 2 is 1.84 bits per heavy atom. The molecule has 7 heteroatoms. The summed E-state index contributed by atoms with van der Waals surface area (Å²) in [5, 5.41) is 10.9. The molecule has 0 saturated heterocycles. The van der Waals surface area contributed by atoms with Gasteiger partial charge in [0.2, 0.25) is 0 Å². The molecule has 4 fully saturated rings. The number of aliphatic hydroxyl groups is 1. The van der Waals surface area contributed by atoms with E-state index in [1.807, 2.05) is 13.8 Å². The van der Waals surface area contributed by atoms with Crippen LogP contribution in [0.3, 0.4) is 0 Å². The fraction of sp³-hybridized carbons (Fsp3) is 0.944. The molecule has 0 amide bonds. The number of rotatable bonds is 7. The minimum atomic E-state index is -3.49. The van der Waals surface area contributed by atoms with Gasteiger partial charge in [0.15, 0.2) is 6.29 Å². The SMILES string of the molecule is CCOC(C)OCC12CC3CC(O)(CC(C1)C3OC(=O)C(C)(F)F)C2. The molecule has 0 radical (unpaired) electrons. The van der Waals surface area contributed by atoms with Gasteiger partial charge in [0.25, 0.3) is 0 Å². The van der Waals surface area contributed by atoms with Crippen LogP contribution in [0.4, 0.5) is 8.78 Å². The molecule has 4 aliphatic carbocycles. The van der Waals surface area contributed by atoms with E-state index < -0.39 is 23.6 Å². The molecule has 4 saturated carbocycles. The summed E-state index contributed by atoms with van der Waals surface area (Å²) < 4.78 is 42.8. The lowest BCUT2D eigenvalue weighted by Gasteiger charge is -2.62. The normalized spacial score (nSPS) is 41.0. The minimum absolute atomic E-state index is 0.0939. The van der Waals surface area contributed by atoms with Crippen LogP contribution in [-0.4, -0.2) is 48.2 Å². The monoisotopic (exact) mass is 362 g/mol. The molecule has 0 aliphatic heterocycles. The van der Waals surface area contributed by atoms with Crippen molar-refractivity contribution in [3.63, 3.8) is 0 Å². The summed E-state index contributed by atoms with van der Waals surface area (Å²) in [7, 11) is 0. The van der Waals surface area contributed by atoms with Crippen LogP contribution in [0.5, 0.6) is 0 Å². The molecule has 0 spiro atoms. The molecule has 3 atom stereocenters. The molecular formula is C18H28F2O5. The van der Waals surface area contributed by atoms with Crippen LogP contribution in [0, 0.1) is 17.3 Å². The molecule has 4 rings (SSSR count). The van der Waals surface area contributed by atoms with E-state index in [0.717, 1.165) is 12.8 Å². The lowest BCUT2D eigenvalue weighted by Crippen LogP contribution is -2.63. The summed E-state index contributed by atoms with van der Waals surface area (Å²) in [6.07, 6.45) is 2.24. The van der Waals surface area contributed by atoms with Crippen molar-refractivity contribution < 1.29 is 32.9 Å².